The molecule has 0 saturated carbocycles. The van der Waals surface area contributed by atoms with E-state index in [0.717, 1.165) is 48.3 Å². The van der Waals surface area contributed by atoms with Crippen molar-refractivity contribution in [3.63, 3.8) is 0 Å². The van der Waals surface area contributed by atoms with Crippen LogP contribution in [0.2, 0.25) is 0 Å². The van der Waals surface area contributed by atoms with Crippen LogP contribution in [-0.4, -0.2) is 74.4 Å². The van der Waals surface area contributed by atoms with Crippen LogP contribution >= 0.6 is 0 Å². The summed E-state index contributed by atoms with van der Waals surface area (Å²) in [5.74, 6) is 0.908. The largest absolute Gasteiger partial charge is 0.497 e. The summed E-state index contributed by atoms with van der Waals surface area (Å²) in [6.45, 7) is 5.17. The van der Waals surface area contributed by atoms with Crippen molar-refractivity contribution in [2.75, 3.05) is 47.1 Å². The Morgan fingerprint density at radius 3 is 2.54 bits per heavy atom. The average Bonchev–Trinajstić information content (AvgIpc) is 3.53. The average molecular weight is 480 g/mol. The number of methoxy groups -OCH3 is 2. The monoisotopic (exact) mass is 479 g/mol. The van der Waals surface area contributed by atoms with Crippen molar-refractivity contribution in [2.45, 2.75) is 38.0 Å². The number of benzene rings is 2. The fourth-order valence-electron chi connectivity index (χ4n) is 5.18. The number of nitrogens with zero attached hydrogens (tertiary/aromatic N) is 3. The maximum Gasteiger partial charge on any atom is 0.257 e. The highest BCUT2D eigenvalue weighted by atomic mass is 16.7. The van der Waals surface area contributed by atoms with Gasteiger partial charge >= 0.3 is 0 Å². The highest BCUT2D eigenvalue weighted by molar-refractivity contribution is 6.03. The Morgan fingerprint density at radius 1 is 1.09 bits per heavy atom. The van der Waals surface area contributed by atoms with Crippen molar-refractivity contribution in [3.05, 3.63) is 59.2 Å². The van der Waals surface area contributed by atoms with Crippen LogP contribution in [-0.2, 0) is 14.3 Å². The standard InChI is InChI=1S/C27H33N3O5/c1-19-5-4-6-20(15-19)23-17-24(22-8-7-21(32-2)16-25(22)33-3)30(28-23)26(31)18-29-11-9-27(10-12-29)34-13-14-35-27/h4-8,15-16,24H,9-14,17-18H2,1-3H3/t24-/m1/s1. The summed E-state index contributed by atoms with van der Waals surface area (Å²) < 4.78 is 22.7. The molecule has 35 heavy (non-hydrogen) atoms. The van der Waals surface area contributed by atoms with Crippen LogP contribution in [0.4, 0.5) is 0 Å². The number of carbonyl (C=O) groups excluding carboxylic acids is 1. The van der Waals surface area contributed by atoms with Gasteiger partial charge in [-0.05, 0) is 24.6 Å². The number of amides is 1. The van der Waals surface area contributed by atoms with Crippen molar-refractivity contribution in [3.8, 4) is 11.5 Å². The molecule has 2 fully saturated rings. The SMILES string of the molecule is COc1ccc([C@H]2CC(c3cccc(C)c3)=NN2C(=O)CN2CCC3(CC2)OCCO3)c(OC)c1. The van der Waals surface area contributed by atoms with Gasteiger partial charge in [-0.3, -0.25) is 9.69 Å². The summed E-state index contributed by atoms with van der Waals surface area (Å²) in [5.41, 5.74) is 4.01. The third kappa shape index (κ3) is 4.91. The van der Waals surface area contributed by atoms with Crippen molar-refractivity contribution in [1.82, 2.24) is 9.91 Å². The summed E-state index contributed by atoms with van der Waals surface area (Å²) in [5, 5.41) is 6.50. The number of aryl methyl sites for hydroxylation is 1. The molecule has 2 aromatic rings. The Hall–Kier alpha value is -2.94. The second-order valence-corrected chi connectivity index (χ2v) is 9.37. The number of likely N-dealkylation sites (tertiary alicyclic amines) is 1. The Bertz CT molecular complexity index is 1100. The van der Waals surface area contributed by atoms with Crippen LogP contribution in [0.3, 0.4) is 0 Å². The molecule has 3 aliphatic heterocycles. The lowest BCUT2D eigenvalue weighted by molar-refractivity contribution is -0.186. The number of rotatable bonds is 6. The van der Waals surface area contributed by atoms with Crippen molar-refractivity contribution >= 4 is 11.6 Å². The third-order valence-electron chi connectivity index (χ3n) is 7.11. The lowest BCUT2D eigenvalue weighted by Gasteiger charge is -2.37. The molecular weight excluding hydrogens is 446 g/mol. The normalized spacial score (nSPS) is 21.9. The van der Waals surface area contributed by atoms with Gasteiger partial charge in [0, 0.05) is 44.0 Å². The summed E-state index contributed by atoms with van der Waals surface area (Å²) in [7, 11) is 3.27. The Balaban J connectivity index is 1.39. The fourth-order valence-corrected chi connectivity index (χ4v) is 5.18. The van der Waals surface area contributed by atoms with Crippen molar-refractivity contribution in [1.29, 1.82) is 0 Å². The van der Waals surface area contributed by atoms with E-state index in [1.165, 1.54) is 0 Å². The van der Waals surface area contributed by atoms with Crippen LogP contribution in [0.5, 0.6) is 11.5 Å². The van der Waals surface area contributed by atoms with Crippen LogP contribution in [0, 0.1) is 6.92 Å². The van der Waals surface area contributed by atoms with E-state index in [9.17, 15) is 4.79 Å². The van der Waals surface area contributed by atoms with Gasteiger partial charge in [0.05, 0.1) is 45.7 Å². The van der Waals surface area contributed by atoms with E-state index in [4.69, 9.17) is 24.0 Å². The Labute approximate surface area is 206 Å². The minimum atomic E-state index is -0.456. The first-order chi connectivity index (χ1) is 17.0. The lowest BCUT2D eigenvalue weighted by Crippen LogP contribution is -2.48. The van der Waals surface area contributed by atoms with Crippen LogP contribution in [0.1, 0.15) is 42.0 Å². The van der Waals surface area contributed by atoms with Crippen LogP contribution in [0.15, 0.2) is 47.6 Å². The number of hydrogen-bond acceptors (Lipinski definition) is 7. The molecule has 3 aliphatic rings. The number of ether oxygens (including phenoxy) is 4. The predicted molar refractivity (Wildman–Crippen MR) is 132 cm³/mol. The van der Waals surface area contributed by atoms with Crippen molar-refractivity contribution < 1.29 is 23.7 Å². The van der Waals surface area contributed by atoms with E-state index in [1.54, 1.807) is 19.2 Å². The van der Waals surface area contributed by atoms with Gasteiger partial charge in [0.1, 0.15) is 11.5 Å². The third-order valence-corrected chi connectivity index (χ3v) is 7.11. The first-order valence-corrected chi connectivity index (χ1v) is 12.2. The van der Waals surface area contributed by atoms with Gasteiger partial charge in [-0.1, -0.05) is 29.8 Å². The van der Waals surface area contributed by atoms with Gasteiger partial charge < -0.3 is 18.9 Å². The second kappa shape index (κ2) is 9.97. The van der Waals surface area contributed by atoms with Gasteiger partial charge in [0.25, 0.3) is 5.91 Å². The molecular formula is C27H33N3O5. The minimum absolute atomic E-state index is 0.0280. The molecule has 2 saturated heterocycles. The van der Waals surface area contributed by atoms with Gasteiger partial charge in [-0.25, -0.2) is 5.01 Å². The predicted octanol–water partition coefficient (Wildman–Crippen LogP) is 3.53. The maximum atomic E-state index is 13.6. The van der Waals surface area contributed by atoms with E-state index < -0.39 is 5.79 Å². The maximum absolute atomic E-state index is 13.6. The zero-order valence-electron chi connectivity index (χ0n) is 20.7. The smallest absolute Gasteiger partial charge is 0.257 e. The highest BCUT2D eigenvalue weighted by Crippen LogP contribution is 2.39. The van der Waals surface area contributed by atoms with Gasteiger partial charge in [-0.15, -0.1) is 0 Å². The molecule has 8 nitrogen and oxygen atoms in total. The molecule has 5 rings (SSSR count). The Morgan fingerprint density at radius 2 is 1.86 bits per heavy atom. The molecule has 0 N–H and O–H groups in total. The van der Waals surface area contributed by atoms with E-state index in [1.807, 2.05) is 30.3 Å². The van der Waals surface area contributed by atoms with E-state index in [-0.39, 0.29) is 11.9 Å². The molecule has 8 heteroatoms. The molecule has 1 amide bonds. The minimum Gasteiger partial charge on any atom is -0.497 e. The fraction of sp³-hybridized carbons (Fsp3) is 0.481. The molecule has 0 aromatic heterocycles. The molecule has 186 valence electrons. The number of piperidine rings is 1. The molecule has 0 radical (unpaired) electrons. The molecule has 0 bridgehead atoms. The topological polar surface area (TPSA) is 72.8 Å². The first kappa shape index (κ1) is 23.8. The van der Waals surface area contributed by atoms with E-state index in [2.05, 4.69) is 24.0 Å². The summed E-state index contributed by atoms with van der Waals surface area (Å²) in [6, 6.07) is 13.7. The zero-order valence-corrected chi connectivity index (χ0v) is 20.7. The molecule has 1 spiro atoms. The summed E-state index contributed by atoms with van der Waals surface area (Å²) >= 11 is 0. The van der Waals surface area contributed by atoms with Gasteiger partial charge in [0.2, 0.25) is 0 Å². The lowest BCUT2D eigenvalue weighted by atomic mass is 9.96. The molecule has 1 atom stereocenters. The summed E-state index contributed by atoms with van der Waals surface area (Å²) in [6.07, 6.45) is 2.16. The van der Waals surface area contributed by atoms with E-state index >= 15 is 0 Å². The number of hydrogen-bond donors (Lipinski definition) is 0. The molecule has 0 aliphatic carbocycles. The first-order valence-electron chi connectivity index (χ1n) is 12.2. The highest BCUT2D eigenvalue weighted by Gasteiger charge is 2.41. The van der Waals surface area contributed by atoms with Gasteiger partial charge in [-0.2, -0.15) is 5.10 Å². The van der Waals surface area contributed by atoms with Gasteiger partial charge in [0.15, 0.2) is 5.79 Å². The quantitative estimate of drug-likeness (QED) is 0.631. The molecule has 3 heterocycles. The number of carbonyl (C=O) groups is 1. The molecule has 0 unspecified atom stereocenters. The zero-order chi connectivity index (χ0) is 24.4. The van der Waals surface area contributed by atoms with Crippen molar-refractivity contribution in [2.24, 2.45) is 5.10 Å². The van der Waals surface area contributed by atoms with Crippen LogP contribution < -0.4 is 9.47 Å². The van der Waals surface area contributed by atoms with E-state index in [0.29, 0.717) is 37.7 Å². The number of hydrazone groups is 1. The summed E-state index contributed by atoms with van der Waals surface area (Å²) in [4.78, 5) is 15.8. The molecule has 2 aromatic carbocycles. The second-order valence-electron chi connectivity index (χ2n) is 9.37. The Kier molecular flexibility index (Phi) is 6.77. The van der Waals surface area contributed by atoms with Crippen LogP contribution in [0.25, 0.3) is 0 Å².